The molecule has 0 fully saturated rings. The standard InChI is InChI=1S/C13H14ClNO/c1-10-6-7-12(16-10)9-15-8-11-4-2-3-5-13(11)14/h2-7,15H,8-9H2,1H3. The Hall–Kier alpha value is -1.25. The van der Waals surface area contributed by atoms with Crippen LogP contribution in [-0.4, -0.2) is 0 Å². The molecule has 0 atom stereocenters. The van der Waals surface area contributed by atoms with E-state index in [1.54, 1.807) is 0 Å². The molecule has 0 aliphatic carbocycles. The van der Waals surface area contributed by atoms with Gasteiger partial charge in [0, 0.05) is 11.6 Å². The molecule has 0 radical (unpaired) electrons. The van der Waals surface area contributed by atoms with Crippen molar-refractivity contribution in [3.8, 4) is 0 Å². The first-order valence-corrected chi connectivity index (χ1v) is 5.63. The zero-order valence-electron chi connectivity index (χ0n) is 9.16. The monoisotopic (exact) mass is 235 g/mol. The highest BCUT2D eigenvalue weighted by Gasteiger charge is 2.00. The third-order valence-corrected chi connectivity index (χ3v) is 2.74. The first-order chi connectivity index (χ1) is 7.75. The van der Waals surface area contributed by atoms with Crippen LogP contribution in [0.4, 0.5) is 0 Å². The summed E-state index contributed by atoms with van der Waals surface area (Å²) in [4.78, 5) is 0. The molecule has 0 unspecified atom stereocenters. The molecule has 0 aliphatic rings. The lowest BCUT2D eigenvalue weighted by Gasteiger charge is -2.04. The maximum Gasteiger partial charge on any atom is 0.117 e. The molecule has 1 aromatic carbocycles. The van der Waals surface area contributed by atoms with Crippen LogP contribution in [0.1, 0.15) is 17.1 Å². The van der Waals surface area contributed by atoms with Crippen molar-refractivity contribution in [2.45, 2.75) is 20.0 Å². The lowest BCUT2D eigenvalue weighted by molar-refractivity contribution is 0.462. The zero-order chi connectivity index (χ0) is 11.4. The molecule has 3 heteroatoms. The number of furan rings is 1. The molecule has 84 valence electrons. The molecule has 1 aromatic heterocycles. The predicted octanol–water partition coefficient (Wildman–Crippen LogP) is 3.53. The fourth-order valence-electron chi connectivity index (χ4n) is 1.54. The maximum absolute atomic E-state index is 6.05. The Morgan fingerprint density at radius 3 is 2.62 bits per heavy atom. The molecule has 1 N–H and O–H groups in total. The van der Waals surface area contributed by atoms with E-state index in [-0.39, 0.29) is 0 Å². The minimum Gasteiger partial charge on any atom is -0.465 e. The van der Waals surface area contributed by atoms with Gasteiger partial charge < -0.3 is 9.73 Å². The Balaban J connectivity index is 1.87. The van der Waals surface area contributed by atoms with Gasteiger partial charge in [0.15, 0.2) is 0 Å². The summed E-state index contributed by atoms with van der Waals surface area (Å²) in [6.07, 6.45) is 0. The molecule has 0 amide bonds. The molecule has 2 rings (SSSR count). The van der Waals surface area contributed by atoms with E-state index in [2.05, 4.69) is 5.32 Å². The lowest BCUT2D eigenvalue weighted by atomic mass is 10.2. The second-order valence-corrected chi connectivity index (χ2v) is 4.11. The quantitative estimate of drug-likeness (QED) is 0.877. The Bertz CT molecular complexity index is 464. The number of hydrogen-bond acceptors (Lipinski definition) is 2. The second kappa shape index (κ2) is 5.19. The van der Waals surface area contributed by atoms with Crippen LogP contribution in [0, 0.1) is 6.92 Å². The summed E-state index contributed by atoms with van der Waals surface area (Å²) in [7, 11) is 0. The van der Waals surface area contributed by atoms with Crippen molar-refractivity contribution >= 4 is 11.6 Å². The van der Waals surface area contributed by atoms with Crippen LogP contribution < -0.4 is 5.32 Å². The average Bonchev–Trinajstić information content (AvgIpc) is 2.67. The van der Waals surface area contributed by atoms with Crippen LogP contribution in [0.3, 0.4) is 0 Å². The van der Waals surface area contributed by atoms with E-state index in [9.17, 15) is 0 Å². The Labute approximate surface area is 100 Å². The predicted molar refractivity (Wildman–Crippen MR) is 65.4 cm³/mol. The molecule has 2 aromatic rings. The molecule has 16 heavy (non-hydrogen) atoms. The van der Waals surface area contributed by atoms with Crippen molar-refractivity contribution in [3.05, 3.63) is 58.5 Å². The summed E-state index contributed by atoms with van der Waals surface area (Å²) in [6.45, 7) is 3.41. The molecule has 1 heterocycles. The van der Waals surface area contributed by atoms with Gasteiger partial charge in [-0.05, 0) is 30.7 Å². The third kappa shape index (κ3) is 2.87. The van der Waals surface area contributed by atoms with Crippen LogP contribution >= 0.6 is 11.6 Å². The van der Waals surface area contributed by atoms with Crippen LogP contribution in [0.25, 0.3) is 0 Å². The average molecular weight is 236 g/mol. The molecular weight excluding hydrogens is 222 g/mol. The van der Waals surface area contributed by atoms with Crippen LogP contribution in [-0.2, 0) is 13.1 Å². The van der Waals surface area contributed by atoms with Gasteiger partial charge >= 0.3 is 0 Å². The minimum atomic E-state index is 0.721. The molecule has 2 nitrogen and oxygen atoms in total. The number of aryl methyl sites for hydroxylation is 1. The fourth-order valence-corrected chi connectivity index (χ4v) is 1.74. The molecule has 0 aliphatic heterocycles. The molecule has 0 saturated carbocycles. The van der Waals surface area contributed by atoms with Gasteiger partial charge in [-0.1, -0.05) is 29.8 Å². The van der Waals surface area contributed by atoms with Gasteiger partial charge in [-0.3, -0.25) is 0 Å². The van der Waals surface area contributed by atoms with Crippen LogP contribution in [0.5, 0.6) is 0 Å². The van der Waals surface area contributed by atoms with E-state index in [4.69, 9.17) is 16.0 Å². The molecule has 0 saturated heterocycles. The normalized spacial score (nSPS) is 10.6. The van der Waals surface area contributed by atoms with Crippen LogP contribution in [0.15, 0.2) is 40.8 Å². The first kappa shape index (κ1) is 11.2. The highest BCUT2D eigenvalue weighted by atomic mass is 35.5. The largest absolute Gasteiger partial charge is 0.465 e. The smallest absolute Gasteiger partial charge is 0.117 e. The van der Waals surface area contributed by atoms with Gasteiger partial charge in [0.1, 0.15) is 11.5 Å². The SMILES string of the molecule is Cc1ccc(CNCc2ccccc2Cl)o1. The number of benzene rings is 1. The Morgan fingerprint density at radius 2 is 1.94 bits per heavy atom. The van der Waals surface area contributed by atoms with Gasteiger partial charge in [0.05, 0.1) is 6.54 Å². The van der Waals surface area contributed by atoms with Gasteiger partial charge in [0.2, 0.25) is 0 Å². The summed E-state index contributed by atoms with van der Waals surface area (Å²) in [6, 6.07) is 11.8. The summed E-state index contributed by atoms with van der Waals surface area (Å²) < 4.78 is 5.46. The van der Waals surface area contributed by atoms with E-state index in [1.165, 1.54) is 0 Å². The van der Waals surface area contributed by atoms with Crippen molar-refractivity contribution in [3.63, 3.8) is 0 Å². The maximum atomic E-state index is 6.05. The van der Waals surface area contributed by atoms with E-state index >= 15 is 0 Å². The molecular formula is C13H14ClNO. The van der Waals surface area contributed by atoms with Crippen molar-refractivity contribution in [1.82, 2.24) is 5.32 Å². The van der Waals surface area contributed by atoms with E-state index in [0.29, 0.717) is 0 Å². The first-order valence-electron chi connectivity index (χ1n) is 5.25. The number of nitrogens with one attached hydrogen (secondary N) is 1. The highest BCUT2D eigenvalue weighted by Crippen LogP contribution is 2.14. The second-order valence-electron chi connectivity index (χ2n) is 3.71. The highest BCUT2D eigenvalue weighted by molar-refractivity contribution is 6.31. The lowest BCUT2D eigenvalue weighted by Crippen LogP contribution is -2.12. The van der Waals surface area contributed by atoms with Crippen molar-refractivity contribution in [2.24, 2.45) is 0 Å². The summed E-state index contributed by atoms with van der Waals surface area (Å²) >= 11 is 6.05. The van der Waals surface area contributed by atoms with E-state index in [1.807, 2.05) is 43.3 Å². The van der Waals surface area contributed by atoms with Crippen molar-refractivity contribution in [2.75, 3.05) is 0 Å². The number of hydrogen-bond donors (Lipinski definition) is 1. The molecule has 0 bridgehead atoms. The van der Waals surface area contributed by atoms with Gasteiger partial charge in [-0.2, -0.15) is 0 Å². The topological polar surface area (TPSA) is 25.2 Å². The molecule has 0 spiro atoms. The van der Waals surface area contributed by atoms with E-state index < -0.39 is 0 Å². The summed E-state index contributed by atoms with van der Waals surface area (Å²) in [5, 5.41) is 4.09. The zero-order valence-corrected chi connectivity index (χ0v) is 9.92. The summed E-state index contributed by atoms with van der Waals surface area (Å²) in [5.41, 5.74) is 1.10. The number of rotatable bonds is 4. The minimum absolute atomic E-state index is 0.721. The van der Waals surface area contributed by atoms with Crippen molar-refractivity contribution < 1.29 is 4.42 Å². The van der Waals surface area contributed by atoms with E-state index in [0.717, 1.165) is 35.2 Å². The van der Waals surface area contributed by atoms with Gasteiger partial charge in [-0.15, -0.1) is 0 Å². The van der Waals surface area contributed by atoms with Gasteiger partial charge in [-0.25, -0.2) is 0 Å². The Morgan fingerprint density at radius 1 is 1.12 bits per heavy atom. The fraction of sp³-hybridized carbons (Fsp3) is 0.231. The number of halogens is 1. The van der Waals surface area contributed by atoms with Gasteiger partial charge in [0.25, 0.3) is 0 Å². The Kier molecular flexibility index (Phi) is 3.65. The van der Waals surface area contributed by atoms with Crippen molar-refractivity contribution in [1.29, 1.82) is 0 Å². The summed E-state index contributed by atoms with van der Waals surface area (Å²) in [5.74, 6) is 1.89. The van der Waals surface area contributed by atoms with Crippen LogP contribution in [0.2, 0.25) is 5.02 Å². The third-order valence-electron chi connectivity index (χ3n) is 2.37.